The van der Waals surface area contributed by atoms with Crippen LogP contribution in [-0.2, 0) is 55.7 Å². The smallest absolute Gasteiger partial charge is 0.298 e. The van der Waals surface area contributed by atoms with Crippen molar-refractivity contribution in [2.24, 2.45) is 0 Å². The highest BCUT2D eigenvalue weighted by molar-refractivity contribution is 7.94. The zero-order valence-corrected chi connectivity index (χ0v) is 39.5. The molecule has 0 aliphatic rings. The van der Waals surface area contributed by atoms with Crippen molar-refractivity contribution in [3.63, 3.8) is 0 Å². The van der Waals surface area contributed by atoms with Crippen LogP contribution in [0.3, 0.4) is 0 Å². The van der Waals surface area contributed by atoms with Gasteiger partial charge in [-0.15, -0.1) is 4.33 Å². The molecule has 21 heteroatoms. The lowest BCUT2D eigenvalue weighted by Crippen LogP contribution is -2.07. The second kappa shape index (κ2) is 21.2. The van der Waals surface area contributed by atoms with Crippen LogP contribution in [0.1, 0.15) is 22.3 Å². The Morgan fingerprint density at radius 2 is 0.851 bits per heavy atom. The van der Waals surface area contributed by atoms with Gasteiger partial charge in [-0.1, -0.05) is 58.6 Å². The zero-order chi connectivity index (χ0) is 48.6. The molecule has 0 unspecified atom stereocenters. The van der Waals surface area contributed by atoms with Crippen molar-refractivity contribution in [2.75, 3.05) is 6.26 Å². The van der Waals surface area contributed by atoms with Crippen LogP contribution in [0.2, 0.25) is 0 Å². The van der Waals surface area contributed by atoms with E-state index < -0.39 is 49.7 Å². The number of aryl methyl sites for hydroxylation is 2. The molecule has 0 fully saturated rings. The number of sulfone groups is 2. The Bertz CT molecular complexity index is 3280. The highest BCUT2D eigenvalue weighted by Crippen LogP contribution is 2.36. The summed E-state index contributed by atoms with van der Waals surface area (Å²) in [4.78, 5) is -0.774. The fourth-order valence-corrected chi connectivity index (χ4v) is 9.96. The molecule has 0 saturated carbocycles. The Morgan fingerprint density at radius 1 is 0.478 bits per heavy atom. The lowest BCUT2D eigenvalue weighted by atomic mass is 10.0. The molecule has 0 aromatic heterocycles. The summed E-state index contributed by atoms with van der Waals surface area (Å²) in [5.41, 5.74) is 3.30. The van der Waals surface area contributed by atoms with E-state index in [9.17, 15) is 38.2 Å². The first kappa shape index (κ1) is 50.3. The van der Waals surface area contributed by atoms with Gasteiger partial charge in [-0.05, 0) is 147 Å². The van der Waals surface area contributed by atoms with Gasteiger partial charge in [-0.3, -0.25) is 9.11 Å². The molecule has 0 aliphatic heterocycles. The molecule has 7 aromatic rings. The molecule has 7 rings (SSSR count). The average molecular weight is 1010 g/mol. The SMILES string of the molecule is CS(=O)(=O)O.Cc1ccc(Oc2ccc(S(=O)(=O)c3ccc(Cc4ccc(Oc5ccc(Oc6ccc(S(=O)(=O)c7ccc(C)cc7)cc6)cc5)cc4)c(SOOO)c3)cc2S(=O)(=O)O)cc1. The van der Waals surface area contributed by atoms with Gasteiger partial charge in [0, 0.05) is 4.90 Å². The third-order valence-corrected chi connectivity index (χ3v) is 14.4. The average Bonchev–Trinajstić information content (AvgIpc) is 3.27. The molecule has 0 saturated heterocycles. The fourth-order valence-electron chi connectivity index (χ4n) is 6.07. The number of hydrogen-bond donors (Lipinski definition) is 3. The summed E-state index contributed by atoms with van der Waals surface area (Å²) in [6.45, 7) is 3.75. The Hall–Kier alpha value is -6.11. The van der Waals surface area contributed by atoms with Crippen molar-refractivity contribution in [1.29, 1.82) is 0 Å². The minimum Gasteiger partial charge on any atom is -0.457 e. The molecule has 0 radical (unpaired) electrons. The molecule has 0 atom stereocenters. The van der Waals surface area contributed by atoms with E-state index in [1.165, 1.54) is 30.3 Å². The molecular formula is C46H40O16S5. The van der Waals surface area contributed by atoms with Crippen molar-refractivity contribution in [1.82, 2.24) is 0 Å². The van der Waals surface area contributed by atoms with Crippen molar-refractivity contribution in [3.05, 3.63) is 180 Å². The summed E-state index contributed by atoms with van der Waals surface area (Å²) in [7, 11) is -16.6. The van der Waals surface area contributed by atoms with E-state index in [-0.39, 0.29) is 31.1 Å². The van der Waals surface area contributed by atoms with Crippen molar-refractivity contribution < 1.29 is 71.6 Å². The molecule has 350 valence electrons. The Balaban J connectivity index is 0.00000141. The first-order valence-corrected chi connectivity index (χ1v) is 26.4. The molecule has 0 bridgehead atoms. The van der Waals surface area contributed by atoms with E-state index in [0.717, 1.165) is 28.8 Å². The van der Waals surface area contributed by atoms with Gasteiger partial charge >= 0.3 is 0 Å². The minimum absolute atomic E-state index is 0.154. The van der Waals surface area contributed by atoms with Crippen LogP contribution < -0.4 is 14.2 Å². The summed E-state index contributed by atoms with van der Waals surface area (Å²) in [6.07, 6.45) is 1.01. The topological polar surface area (TPSA) is 243 Å². The lowest BCUT2D eigenvalue weighted by Gasteiger charge is -2.14. The lowest BCUT2D eigenvalue weighted by molar-refractivity contribution is -0.432. The van der Waals surface area contributed by atoms with Crippen LogP contribution in [0.15, 0.2) is 187 Å². The molecule has 0 heterocycles. The highest BCUT2D eigenvalue weighted by Gasteiger charge is 2.26. The molecule has 0 amide bonds. The third kappa shape index (κ3) is 14.0. The summed E-state index contributed by atoms with van der Waals surface area (Å²) >= 11 is 0.559. The maximum Gasteiger partial charge on any atom is 0.298 e. The van der Waals surface area contributed by atoms with Crippen molar-refractivity contribution >= 4 is 52.0 Å². The summed E-state index contributed by atoms with van der Waals surface area (Å²) < 4.78 is 136. The quantitative estimate of drug-likeness (QED) is 0.0353. The molecule has 7 aromatic carbocycles. The van der Waals surface area contributed by atoms with Gasteiger partial charge in [0.05, 0.1) is 37.9 Å². The third-order valence-electron chi connectivity index (χ3n) is 9.33. The van der Waals surface area contributed by atoms with E-state index in [1.807, 2.05) is 26.0 Å². The van der Waals surface area contributed by atoms with E-state index >= 15 is 0 Å². The maximum atomic E-state index is 13.8. The molecule has 3 N–H and O–H groups in total. The summed E-state index contributed by atoms with van der Waals surface area (Å²) in [6, 6.07) is 40.8. The van der Waals surface area contributed by atoms with Gasteiger partial charge in [0.1, 0.15) is 39.4 Å². The van der Waals surface area contributed by atoms with Crippen LogP contribution >= 0.6 is 12.0 Å². The van der Waals surface area contributed by atoms with Crippen LogP contribution in [0, 0.1) is 13.8 Å². The van der Waals surface area contributed by atoms with Crippen LogP contribution in [0.5, 0.6) is 34.5 Å². The Labute approximate surface area is 391 Å². The Kier molecular flexibility index (Phi) is 15.9. The van der Waals surface area contributed by atoms with Crippen molar-refractivity contribution in [3.8, 4) is 34.5 Å². The fraction of sp³-hybridized carbons (Fsp3) is 0.0870. The number of rotatable bonds is 16. The summed E-state index contributed by atoms with van der Waals surface area (Å²) in [5.74, 6) is 2.02. The second-order valence-electron chi connectivity index (χ2n) is 14.5. The number of ether oxygens (including phenoxy) is 3. The molecule has 0 aliphatic carbocycles. The standard InChI is InChI=1S/C45H36O13S4.CH4O3S/c1-30-3-10-38(11-4-30)56-43-26-25-42(29-45(43)62(51,52)53)61(49,50)41-22-9-33(44(28-41)59-58-57-46)27-32-7-12-34(13-8-32)54-35-14-16-36(17-15-35)55-37-18-23-40(24-19-37)60(47,48)39-20-5-31(2)6-21-39;1-5(2,3)4/h3-26,28-29,46H,27H2,1-2H3,(H,51,52,53);1H3,(H,2,3,4). The van der Waals surface area contributed by atoms with Gasteiger partial charge in [0.25, 0.3) is 20.2 Å². The second-order valence-corrected chi connectivity index (χ2v) is 22.0. The maximum absolute atomic E-state index is 13.8. The van der Waals surface area contributed by atoms with E-state index in [0.29, 0.717) is 53.3 Å². The minimum atomic E-state index is -4.92. The summed E-state index contributed by atoms with van der Waals surface area (Å²) in [5, 5.41) is 12.7. The molecular weight excluding hydrogens is 969 g/mol. The van der Waals surface area contributed by atoms with Crippen LogP contribution in [0.4, 0.5) is 0 Å². The van der Waals surface area contributed by atoms with E-state index in [2.05, 4.69) is 9.37 Å². The Morgan fingerprint density at radius 3 is 1.34 bits per heavy atom. The number of benzene rings is 7. The van der Waals surface area contributed by atoms with Gasteiger partial charge in [-0.2, -0.15) is 16.8 Å². The van der Waals surface area contributed by atoms with Crippen molar-refractivity contribution in [2.45, 2.75) is 49.6 Å². The van der Waals surface area contributed by atoms with Gasteiger partial charge in [0.2, 0.25) is 19.7 Å². The monoisotopic (exact) mass is 1010 g/mol. The van der Waals surface area contributed by atoms with Crippen LogP contribution in [0.25, 0.3) is 0 Å². The van der Waals surface area contributed by atoms with Gasteiger partial charge in [0.15, 0.2) is 0 Å². The first-order valence-electron chi connectivity index (χ1n) is 19.4. The molecule has 0 spiro atoms. The largest absolute Gasteiger partial charge is 0.457 e. The number of hydrogen-bond acceptors (Lipinski definition) is 15. The first-order chi connectivity index (χ1) is 31.6. The van der Waals surface area contributed by atoms with Gasteiger partial charge < -0.3 is 14.2 Å². The van der Waals surface area contributed by atoms with Crippen LogP contribution in [-0.4, -0.2) is 54.3 Å². The van der Waals surface area contributed by atoms with E-state index in [4.69, 9.17) is 24.0 Å². The molecule has 16 nitrogen and oxygen atoms in total. The van der Waals surface area contributed by atoms with Gasteiger partial charge in [-0.25, -0.2) is 22.1 Å². The predicted octanol–water partition coefficient (Wildman–Crippen LogP) is 10.1. The van der Waals surface area contributed by atoms with E-state index in [1.54, 1.807) is 103 Å². The highest BCUT2D eigenvalue weighted by atomic mass is 32.2. The normalized spacial score (nSPS) is 11.9. The zero-order valence-electron chi connectivity index (χ0n) is 35.4. The predicted molar refractivity (Wildman–Crippen MR) is 246 cm³/mol. The molecule has 67 heavy (non-hydrogen) atoms.